The van der Waals surface area contributed by atoms with Crippen molar-refractivity contribution < 1.29 is 9.47 Å². The molecule has 0 aromatic carbocycles. The molecule has 4 fully saturated rings. The molecule has 2 aliphatic heterocycles. The summed E-state index contributed by atoms with van der Waals surface area (Å²) in [6.07, 6.45) is 11.7. The lowest BCUT2D eigenvalue weighted by atomic mass is 9.69. The van der Waals surface area contributed by atoms with Gasteiger partial charge in [0.05, 0.1) is 12.2 Å². The van der Waals surface area contributed by atoms with Gasteiger partial charge in [-0.15, -0.1) is 0 Å². The Labute approximate surface area is 179 Å². The fourth-order valence-corrected chi connectivity index (χ4v) is 5.76. The molecule has 2 saturated carbocycles. The van der Waals surface area contributed by atoms with Crippen molar-refractivity contribution in [2.45, 2.75) is 89.9 Å². The highest BCUT2D eigenvalue weighted by molar-refractivity contribution is 4.95. The average Bonchev–Trinajstić information content (AvgIpc) is 2.68. The van der Waals surface area contributed by atoms with E-state index in [4.69, 9.17) is 9.47 Å². The molecule has 170 valence electrons. The van der Waals surface area contributed by atoms with Gasteiger partial charge in [-0.1, -0.05) is 0 Å². The van der Waals surface area contributed by atoms with Gasteiger partial charge in [0.1, 0.15) is 0 Å². The molecule has 0 bridgehead atoms. The summed E-state index contributed by atoms with van der Waals surface area (Å²) in [5.74, 6) is 0.899. The second-order valence-corrected chi connectivity index (χ2v) is 10.7. The Hall–Kier alpha value is -0.200. The van der Waals surface area contributed by atoms with Gasteiger partial charge in [0.25, 0.3) is 0 Å². The molecule has 0 unspecified atom stereocenters. The number of nitrogens with one attached hydrogen (secondary N) is 2. The van der Waals surface area contributed by atoms with Crippen LogP contribution in [0.1, 0.15) is 72.1 Å². The summed E-state index contributed by atoms with van der Waals surface area (Å²) in [6.45, 7) is 15.0. The smallest absolute Gasteiger partial charge is 0.0575 e. The Kier molecular flexibility index (Phi) is 8.82. The first kappa shape index (κ1) is 23.5. The molecule has 5 nitrogen and oxygen atoms in total. The molecule has 2 N–H and O–H groups in total. The van der Waals surface area contributed by atoms with Gasteiger partial charge in [-0.3, -0.25) is 4.90 Å². The molecule has 2 aliphatic carbocycles. The minimum absolute atomic E-state index is 0.292. The van der Waals surface area contributed by atoms with E-state index >= 15 is 0 Å². The SMILES string of the molecule is CCOC1CCC(CN2CCNC(C)(C)C2)CC1.COC1CCC2(CC1)CNC2. The lowest BCUT2D eigenvalue weighted by Gasteiger charge is -2.47. The molecular formula is C24H47N3O2. The van der Waals surface area contributed by atoms with Crippen LogP contribution < -0.4 is 10.6 Å². The van der Waals surface area contributed by atoms with Gasteiger partial charge in [-0.2, -0.15) is 0 Å². The van der Waals surface area contributed by atoms with Gasteiger partial charge >= 0.3 is 0 Å². The maximum Gasteiger partial charge on any atom is 0.0575 e. The minimum atomic E-state index is 0.292. The largest absolute Gasteiger partial charge is 0.381 e. The molecule has 1 spiro atoms. The minimum Gasteiger partial charge on any atom is -0.381 e. The van der Waals surface area contributed by atoms with Gasteiger partial charge in [-0.05, 0) is 83.5 Å². The third-order valence-corrected chi connectivity index (χ3v) is 7.69. The van der Waals surface area contributed by atoms with Crippen LogP contribution in [0, 0.1) is 11.3 Å². The van der Waals surface area contributed by atoms with E-state index in [-0.39, 0.29) is 0 Å². The Balaban J connectivity index is 0.000000186. The van der Waals surface area contributed by atoms with E-state index in [1.54, 1.807) is 0 Å². The lowest BCUT2D eigenvalue weighted by molar-refractivity contribution is 0.00494. The fourth-order valence-electron chi connectivity index (χ4n) is 5.76. The van der Waals surface area contributed by atoms with Gasteiger partial charge in [0, 0.05) is 58.5 Å². The number of piperazine rings is 1. The van der Waals surface area contributed by atoms with Crippen molar-refractivity contribution in [3.8, 4) is 0 Å². The van der Waals surface area contributed by atoms with Gasteiger partial charge in [-0.25, -0.2) is 0 Å². The van der Waals surface area contributed by atoms with E-state index < -0.39 is 0 Å². The first-order valence-corrected chi connectivity index (χ1v) is 12.3. The van der Waals surface area contributed by atoms with Crippen LogP contribution in [0.3, 0.4) is 0 Å². The van der Waals surface area contributed by atoms with Crippen molar-refractivity contribution in [1.29, 1.82) is 0 Å². The van der Waals surface area contributed by atoms with Crippen molar-refractivity contribution in [2.75, 3.05) is 53.0 Å². The number of hydrogen-bond acceptors (Lipinski definition) is 5. The third kappa shape index (κ3) is 7.17. The molecule has 2 saturated heterocycles. The van der Waals surface area contributed by atoms with Gasteiger partial charge in [0.15, 0.2) is 0 Å². The Morgan fingerprint density at radius 3 is 2.17 bits per heavy atom. The van der Waals surface area contributed by atoms with Gasteiger partial charge in [0.2, 0.25) is 0 Å². The first-order chi connectivity index (χ1) is 13.9. The van der Waals surface area contributed by atoms with Crippen molar-refractivity contribution in [3.63, 3.8) is 0 Å². The van der Waals surface area contributed by atoms with E-state index in [1.165, 1.54) is 84.1 Å². The van der Waals surface area contributed by atoms with Crippen LogP contribution in [0.4, 0.5) is 0 Å². The number of ether oxygens (including phenoxy) is 2. The molecule has 0 aromatic heterocycles. The van der Waals surface area contributed by atoms with Crippen LogP contribution >= 0.6 is 0 Å². The predicted molar refractivity (Wildman–Crippen MR) is 120 cm³/mol. The van der Waals surface area contributed by atoms with Crippen LogP contribution in [-0.2, 0) is 9.47 Å². The normalized spacial score (nSPS) is 32.3. The fraction of sp³-hybridized carbons (Fsp3) is 1.00. The van der Waals surface area contributed by atoms with Crippen molar-refractivity contribution in [3.05, 3.63) is 0 Å². The van der Waals surface area contributed by atoms with E-state index in [1.807, 2.05) is 7.11 Å². The molecule has 2 heterocycles. The molecule has 29 heavy (non-hydrogen) atoms. The quantitative estimate of drug-likeness (QED) is 0.728. The van der Waals surface area contributed by atoms with Crippen LogP contribution in [0.2, 0.25) is 0 Å². The third-order valence-electron chi connectivity index (χ3n) is 7.69. The number of nitrogens with zero attached hydrogens (tertiary/aromatic N) is 1. The number of hydrogen-bond donors (Lipinski definition) is 2. The van der Waals surface area contributed by atoms with E-state index in [9.17, 15) is 0 Å². The summed E-state index contributed by atoms with van der Waals surface area (Å²) < 4.78 is 11.1. The Bertz CT molecular complexity index is 463. The van der Waals surface area contributed by atoms with Crippen LogP contribution in [-0.4, -0.2) is 75.6 Å². The predicted octanol–water partition coefficient (Wildman–Crippen LogP) is 3.43. The Morgan fingerprint density at radius 1 is 0.966 bits per heavy atom. The lowest BCUT2D eigenvalue weighted by Crippen LogP contribution is -2.57. The molecular weight excluding hydrogens is 362 g/mol. The molecule has 5 heteroatoms. The van der Waals surface area contributed by atoms with Crippen LogP contribution in [0.25, 0.3) is 0 Å². The highest BCUT2D eigenvalue weighted by Gasteiger charge is 2.40. The average molecular weight is 410 g/mol. The summed E-state index contributed by atoms with van der Waals surface area (Å²) in [5.41, 5.74) is 0.982. The zero-order valence-electron chi connectivity index (χ0n) is 19.6. The summed E-state index contributed by atoms with van der Waals surface area (Å²) in [4.78, 5) is 2.65. The Morgan fingerprint density at radius 2 is 1.66 bits per heavy atom. The topological polar surface area (TPSA) is 45.8 Å². The standard InChI is InChI=1S/C15H30N2O.C9H17NO/c1-4-18-14-7-5-13(6-8-14)11-17-10-9-16-15(2,3)12-17;1-11-8-2-4-9(5-3-8)6-10-7-9/h13-14,16H,4-12H2,1-3H3;8,10H,2-7H2,1H3. The molecule has 0 atom stereocenters. The van der Waals surface area contributed by atoms with Gasteiger partial charge < -0.3 is 20.1 Å². The van der Waals surface area contributed by atoms with Crippen LogP contribution in [0.15, 0.2) is 0 Å². The number of rotatable bonds is 5. The summed E-state index contributed by atoms with van der Waals surface area (Å²) in [5, 5.41) is 6.95. The maximum absolute atomic E-state index is 5.73. The second-order valence-electron chi connectivity index (χ2n) is 10.7. The molecule has 4 aliphatic rings. The van der Waals surface area contributed by atoms with Crippen molar-refractivity contribution in [1.82, 2.24) is 15.5 Å². The van der Waals surface area contributed by atoms with E-state index in [0.29, 0.717) is 23.2 Å². The summed E-state index contributed by atoms with van der Waals surface area (Å²) >= 11 is 0. The zero-order valence-corrected chi connectivity index (χ0v) is 19.6. The highest BCUT2D eigenvalue weighted by atomic mass is 16.5. The van der Waals surface area contributed by atoms with E-state index in [0.717, 1.165) is 19.1 Å². The molecule has 0 amide bonds. The summed E-state index contributed by atoms with van der Waals surface area (Å²) in [7, 11) is 1.84. The number of methoxy groups -OCH3 is 1. The second kappa shape index (κ2) is 10.9. The summed E-state index contributed by atoms with van der Waals surface area (Å²) in [6, 6.07) is 0. The highest BCUT2D eigenvalue weighted by Crippen LogP contribution is 2.39. The maximum atomic E-state index is 5.73. The zero-order chi connectivity index (χ0) is 20.7. The first-order valence-electron chi connectivity index (χ1n) is 12.3. The molecule has 4 rings (SSSR count). The van der Waals surface area contributed by atoms with E-state index in [2.05, 4.69) is 36.3 Å². The van der Waals surface area contributed by atoms with Crippen molar-refractivity contribution in [2.24, 2.45) is 11.3 Å². The monoisotopic (exact) mass is 409 g/mol. The molecule has 0 aromatic rings. The molecule has 0 radical (unpaired) electrons. The van der Waals surface area contributed by atoms with Crippen molar-refractivity contribution >= 4 is 0 Å². The van der Waals surface area contributed by atoms with Crippen LogP contribution in [0.5, 0.6) is 0 Å².